The van der Waals surface area contributed by atoms with Crippen LogP contribution in [0.5, 0.6) is 0 Å². The van der Waals surface area contributed by atoms with E-state index in [0.29, 0.717) is 12.5 Å². The molecule has 0 radical (unpaired) electrons. The number of nitrogens with one attached hydrogen (secondary N) is 1. The van der Waals surface area contributed by atoms with Gasteiger partial charge in [0.2, 0.25) is 0 Å². The van der Waals surface area contributed by atoms with Crippen molar-refractivity contribution in [3.8, 4) is 0 Å². The molecule has 2 N–H and O–H groups in total. The Labute approximate surface area is 118 Å². The maximum Gasteiger partial charge on any atom is 0.407 e. The Morgan fingerprint density at radius 1 is 1.58 bits per heavy atom. The highest BCUT2D eigenvalue weighted by Gasteiger charge is 2.18. The summed E-state index contributed by atoms with van der Waals surface area (Å²) in [5, 5.41) is 13.0. The molecule has 0 spiro atoms. The molecule has 4 nitrogen and oxygen atoms in total. The molecule has 0 saturated heterocycles. The van der Waals surface area contributed by atoms with Crippen LogP contribution in [-0.4, -0.2) is 36.2 Å². The Balaban J connectivity index is 1.83. The first-order chi connectivity index (χ1) is 9.06. The number of benzene rings is 1. The highest BCUT2D eigenvalue weighted by molar-refractivity contribution is 6.30. The fraction of sp³-hybridized carbons (Fsp3) is 0.500. The van der Waals surface area contributed by atoms with Gasteiger partial charge in [-0.1, -0.05) is 11.6 Å². The molecule has 1 aromatic rings. The van der Waals surface area contributed by atoms with Gasteiger partial charge in [0.1, 0.15) is 0 Å². The van der Waals surface area contributed by atoms with Crippen molar-refractivity contribution in [1.82, 2.24) is 4.90 Å². The van der Waals surface area contributed by atoms with Crippen LogP contribution in [0.25, 0.3) is 0 Å². The molecule has 19 heavy (non-hydrogen) atoms. The van der Waals surface area contributed by atoms with E-state index in [-0.39, 0.29) is 0 Å². The topological polar surface area (TPSA) is 52.6 Å². The summed E-state index contributed by atoms with van der Waals surface area (Å²) in [7, 11) is 1.61. The summed E-state index contributed by atoms with van der Waals surface area (Å²) in [4.78, 5) is 12.0. The number of fused-ring (bicyclic) bond motifs is 1. The zero-order valence-corrected chi connectivity index (χ0v) is 11.8. The summed E-state index contributed by atoms with van der Waals surface area (Å²) in [6.45, 7) is 1.54. The number of hydrogen-bond donors (Lipinski definition) is 2. The molecule has 0 fully saturated rings. The minimum Gasteiger partial charge on any atom is -0.465 e. The van der Waals surface area contributed by atoms with E-state index < -0.39 is 6.09 Å². The number of rotatable bonds is 4. The first-order valence-electron chi connectivity index (χ1n) is 6.52. The summed E-state index contributed by atoms with van der Waals surface area (Å²) in [6, 6.07) is 5.93. The Bertz CT molecular complexity index is 465. The smallest absolute Gasteiger partial charge is 0.407 e. The molecule has 1 heterocycles. The SMILES string of the molecule is CN(CCCC1CNc2ccc(Cl)cc2C1)C(=O)O. The molecule has 0 aromatic heterocycles. The van der Waals surface area contributed by atoms with Crippen LogP contribution < -0.4 is 5.32 Å². The van der Waals surface area contributed by atoms with Gasteiger partial charge in [0, 0.05) is 30.8 Å². The van der Waals surface area contributed by atoms with E-state index in [2.05, 4.69) is 5.32 Å². The Morgan fingerprint density at radius 3 is 3.11 bits per heavy atom. The molecule has 1 aliphatic rings. The van der Waals surface area contributed by atoms with E-state index in [1.54, 1.807) is 7.05 Å². The summed E-state index contributed by atoms with van der Waals surface area (Å²) in [5.74, 6) is 0.549. The van der Waals surface area contributed by atoms with Crippen LogP contribution in [-0.2, 0) is 6.42 Å². The molecule has 0 bridgehead atoms. The van der Waals surface area contributed by atoms with Crippen LogP contribution in [0.4, 0.5) is 10.5 Å². The fourth-order valence-corrected chi connectivity index (χ4v) is 2.65. The van der Waals surface area contributed by atoms with Crippen LogP contribution >= 0.6 is 11.6 Å². The molecule has 1 aliphatic heterocycles. The molecule has 0 aliphatic carbocycles. The van der Waals surface area contributed by atoms with E-state index >= 15 is 0 Å². The number of nitrogens with zero attached hydrogens (tertiary/aromatic N) is 1. The number of halogens is 1. The molecule has 2 rings (SSSR count). The van der Waals surface area contributed by atoms with Crippen LogP contribution in [0.1, 0.15) is 18.4 Å². The third kappa shape index (κ3) is 3.77. The van der Waals surface area contributed by atoms with Gasteiger partial charge < -0.3 is 15.3 Å². The Kier molecular flexibility index (Phi) is 4.53. The van der Waals surface area contributed by atoms with Crippen LogP contribution in [0.2, 0.25) is 5.02 Å². The van der Waals surface area contributed by atoms with Crippen molar-refractivity contribution in [3.05, 3.63) is 28.8 Å². The van der Waals surface area contributed by atoms with Gasteiger partial charge in [-0.2, -0.15) is 0 Å². The zero-order chi connectivity index (χ0) is 13.8. The standard InChI is InChI=1S/C14H19ClN2O2/c1-17(14(18)19)6-2-3-10-7-11-8-12(15)4-5-13(11)16-9-10/h4-5,8,10,16H,2-3,6-7,9H2,1H3,(H,18,19). The lowest BCUT2D eigenvalue weighted by molar-refractivity contribution is 0.154. The highest BCUT2D eigenvalue weighted by Crippen LogP contribution is 2.29. The predicted octanol–water partition coefficient (Wildman–Crippen LogP) is 3.31. The minimum atomic E-state index is -0.862. The number of anilines is 1. The van der Waals surface area contributed by atoms with Crippen molar-refractivity contribution in [2.75, 3.05) is 25.5 Å². The molecule has 1 aromatic carbocycles. The van der Waals surface area contributed by atoms with Gasteiger partial charge in [-0.25, -0.2) is 4.79 Å². The Morgan fingerprint density at radius 2 is 2.37 bits per heavy atom. The van der Waals surface area contributed by atoms with Crippen molar-refractivity contribution < 1.29 is 9.90 Å². The number of carboxylic acid groups (broad SMARTS) is 1. The average molecular weight is 283 g/mol. The van der Waals surface area contributed by atoms with Crippen LogP contribution in [0.3, 0.4) is 0 Å². The zero-order valence-electron chi connectivity index (χ0n) is 11.0. The van der Waals surface area contributed by atoms with Crippen molar-refractivity contribution in [2.45, 2.75) is 19.3 Å². The molecular weight excluding hydrogens is 264 g/mol. The average Bonchev–Trinajstić information content (AvgIpc) is 2.38. The molecule has 1 amide bonds. The predicted molar refractivity (Wildman–Crippen MR) is 77.0 cm³/mol. The van der Waals surface area contributed by atoms with Crippen molar-refractivity contribution in [1.29, 1.82) is 0 Å². The molecule has 1 atom stereocenters. The maximum atomic E-state index is 10.7. The van der Waals surface area contributed by atoms with Crippen molar-refractivity contribution in [3.63, 3.8) is 0 Å². The second-order valence-corrected chi connectivity index (χ2v) is 5.54. The van der Waals surface area contributed by atoms with E-state index in [4.69, 9.17) is 16.7 Å². The molecule has 1 unspecified atom stereocenters. The Hall–Kier alpha value is -1.42. The van der Waals surface area contributed by atoms with Gasteiger partial charge >= 0.3 is 6.09 Å². The molecule has 0 saturated carbocycles. The number of hydrogen-bond acceptors (Lipinski definition) is 2. The highest BCUT2D eigenvalue weighted by atomic mass is 35.5. The molecule has 104 valence electrons. The van der Waals surface area contributed by atoms with Gasteiger partial charge in [0.05, 0.1) is 0 Å². The molecular formula is C14H19ClN2O2. The summed E-state index contributed by atoms with van der Waals surface area (Å²) in [6.07, 6.45) is 2.07. The first kappa shape index (κ1) is 14.0. The lowest BCUT2D eigenvalue weighted by Crippen LogP contribution is -2.28. The van der Waals surface area contributed by atoms with E-state index in [1.807, 2.05) is 18.2 Å². The summed E-state index contributed by atoms with van der Waals surface area (Å²) < 4.78 is 0. The quantitative estimate of drug-likeness (QED) is 0.891. The second-order valence-electron chi connectivity index (χ2n) is 5.10. The third-order valence-corrected chi connectivity index (χ3v) is 3.82. The molecule has 5 heteroatoms. The normalized spacial score (nSPS) is 17.5. The largest absolute Gasteiger partial charge is 0.465 e. The lowest BCUT2D eigenvalue weighted by atomic mass is 9.90. The van der Waals surface area contributed by atoms with Gasteiger partial charge in [-0.05, 0) is 48.9 Å². The third-order valence-electron chi connectivity index (χ3n) is 3.59. The van der Waals surface area contributed by atoms with Crippen molar-refractivity contribution in [2.24, 2.45) is 5.92 Å². The van der Waals surface area contributed by atoms with E-state index in [1.165, 1.54) is 16.2 Å². The van der Waals surface area contributed by atoms with Gasteiger partial charge in [0.15, 0.2) is 0 Å². The second kappa shape index (κ2) is 6.15. The minimum absolute atomic E-state index is 0.549. The van der Waals surface area contributed by atoms with E-state index in [0.717, 1.165) is 30.8 Å². The first-order valence-corrected chi connectivity index (χ1v) is 6.90. The van der Waals surface area contributed by atoms with Crippen molar-refractivity contribution >= 4 is 23.4 Å². The fourth-order valence-electron chi connectivity index (χ4n) is 2.46. The van der Waals surface area contributed by atoms with Gasteiger partial charge in [-0.15, -0.1) is 0 Å². The number of amides is 1. The van der Waals surface area contributed by atoms with E-state index in [9.17, 15) is 4.79 Å². The van der Waals surface area contributed by atoms with Gasteiger partial charge in [0.25, 0.3) is 0 Å². The number of carbonyl (C=O) groups is 1. The lowest BCUT2D eigenvalue weighted by Gasteiger charge is -2.26. The monoisotopic (exact) mass is 282 g/mol. The van der Waals surface area contributed by atoms with Gasteiger partial charge in [-0.3, -0.25) is 0 Å². The van der Waals surface area contributed by atoms with Crippen LogP contribution in [0, 0.1) is 5.92 Å². The summed E-state index contributed by atoms with van der Waals surface area (Å²) in [5.41, 5.74) is 2.43. The maximum absolute atomic E-state index is 10.7. The van der Waals surface area contributed by atoms with Crippen LogP contribution in [0.15, 0.2) is 18.2 Å². The summed E-state index contributed by atoms with van der Waals surface area (Å²) >= 11 is 6.01.